The van der Waals surface area contributed by atoms with Crippen LogP contribution < -0.4 is 14.8 Å². The molecular formula is C25H31N3O3. The van der Waals surface area contributed by atoms with E-state index in [0.717, 1.165) is 43.0 Å². The fourth-order valence-electron chi connectivity index (χ4n) is 3.09. The molecule has 0 atom stereocenters. The van der Waals surface area contributed by atoms with Gasteiger partial charge in [0, 0.05) is 19.5 Å². The predicted molar refractivity (Wildman–Crippen MR) is 123 cm³/mol. The molecule has 1 amide bonds. The Bertz CT molecular complexity index is 901. The molecule has 6 nitrogen and oxygen atoms in total. The fourth-order valence-corrected chi connectivity index (χ4v) is 3.09. The Kier molecular flexibility index (Phi) is 10.1. The first-order valence-electron chi connectivity index (χ1n) is 10.4. The van der Waals surface area contributed by atoms with Gasteiger partial charge in [0.25, 0.3) is 0 Å². The number of amides is 1. The maximum atomic E-state index is 12.0. The van der Waals surface area contributed by atoms with Gasteiger partial charge in [-0.25, -0.2) is 0 Å². The summed E-state index contributed by atoms with van der Waals surface area (Å²) in [5.74, 6) is 1.50. The van der Waals surface area contributed by atoms with Crippen LogP contribution in [-0.4, -0.2) is 51.7 Å². The molecule has 2 rings (SSSR count). The molecule has 0 radical (unpaired) electrons. The molecular weight excluding hydrogens is 390 g/mol. The Labute approximate surface area is 185 Å². The Morgan fingerprint density at radius 2 is 1.84 bits per heavy atom. The highest BCUT2D eigenvalue weighted by molar-refractivity contribution is 5.78. The van der Waals surface area contributed by atoms with Gasteiger partial charge in [-0.1, -0.05) is 30.4 Å². The number of rotatable bonds is 12. The van der Waals surface area contributed by atoms with Crippen LogP contribution in [0.2, 0.25) is 0 Å². The molecule has 2 aromatic rings. The highest BCUT2D eigenvalue weighted by atomic mass is 16.5. The van der Waals surface area contributed by atoms with Crippen molar-refractivity contribution in [3.8, 4) is 17.6 Å². The summed E-state index contributed by atoms with van der Waals surface area (Å²) in [6.07, 6.45) is 5.89. The van der Waals surface area contributed by atoms with Gasteiger partial charge in [0.15, 0.2) is 11.5 Å². The van der Waals surface area contributed by atoms with Crippen molar-refractivity contribution in [2.75, 3.05) is 40.9 Å². The third-order valence-corrected chi connectivity index (χ3v) is 4.92. The van der Waals surface area contributed by atoms with Crippen molar-refractivity contribution >= 4 is 12.0 Å². The minimum absolute atomic E-state index is 0.0119. The maximum Gasteiger partial charge on any atom is 0.223 e. The smallest absolute Gasteiger partial charge is 0.223 e. The molecule has 0 aliphatic rings. The van der Waals surface area contributed by atoms with Crippen LogP contribution >= 0.6 is 0 Å². The minimum atomic E-state index is 0.0119. The summed E-state index contributed by atoms with van der Waals surface area (Å²) in [4.78, 5) is 14.2. The average molecular weight is 422 g/mol. The highest BCUT2D eigenvalue weighted by Crippen LogP contribution is 2.27. The van der Waals surface area contributed by atoms with Crippen molar-refractivity contribution < 1.29 is 14.3 Å². The SMILES string of the molecule is COc1ccc(CCN(C)CCCNC(=O)CC=Cc2ccc(C#N)cc2)cc1OC. The molecule has 0 saturated carbocycles. The van der Waals surface area contributed by atoms with Gasteiger partial charge in [-0.3, -0.25) is 4.79 Å². The highest BCUT2D eigenvalue weighted by Gasteiger charge is 2.06. The van der Waals surface area contributed by atoms with Crippen molar-refractivity contribution in [1.82, 2.24) is 10.2 Å². The van der Waals surface area contributed by atoms with Gasteiger partial charge >= 0.3 is 0 Å². The second-order valence-corrected chi connectivity index (χ2v) is 7.29. The van der Waals surface area contributed by atoms with Gasteiger partial charge < -0.3 is 19.7 Å². The van der Waals surface area contributed by atoms with Gasteiger partial charge in [-0.05, 0) is 61.8 Å². The lowest BCUT2D eigenvalue weighted by molar-refractivity contribution is -0.120. The quantitative estimate of drug-likeness (QED) is 0.530. The summed E-state index contributed by atoms with van der Waals surface area (Å²) in [5.41, 5.74) is 2.80. The first-order valence-corrected chi connectivity index (χ1v) is 10.4. The van der Waals surface area contributed by atoms with Gasteiger partial charge in [0.1, 0.15) is 0 Å². The number of ether oxygens (including phenoxy) is 2. The molecule has 6 heteroatoms. The van der Waals surface area contributed by atoms with Crippen LogP contribution in [0.5, 0.6) is 11.5 Å². The molecule has 0 unspecified atom stereocenters. The van der Waals surface area contributed by atoms with Gasteiger partial charge in [-0.2, -0.15) is 5.26 Å². The van der Waals surface area contributed by atoms with E-state index >= 15 is 0 Å². The third-order valence-electron chi connectivity index (χ3n) is 4.92. The lowest BCUT2D eigenvalue weighted by atomic mass is 10.1. The zero-order chi connectivity index (χ0) is 22.5. The molecule has 164 valence electrons. The van der Waals surface area contributed by atoms with E-state index in [-0.39, 0.29) is 5.91 Å². The molecule has 0 aliphatic heterocycles. The Balaban J connectivity index is 1.61. The second kappa shape index (κ2) is 13.1. The zero-order valence-electron chi connectivity index (χ0n) is 18.6. The van der Waals surface area contributed by atoms with E-state index in [1.54, 1.807) is 26.4 Å². The van der Waals surface area contributed by atoms with E-state index in [2.05, 4.69) is 29.4 Å². The molecule has 0 spiro atoms. The standard InChI is InChI=1S/C25H31N3O3/c1-28(17-14-21-12-13-23(30-2)24(18-21)31-3)16-5-15-27-25(29)7-4-6-20-8-10-22(19-26)11-9-20/h4,6,8-13,18H,5,7,14-17H2,1-3H3,(H,27,29). The third kappa shape index (κ3) is 8.53. The number of nitrogens with one attached hydrogen (secondary N) is 1. The fraction of sp³-hybridized carbons (Fsp3) is 0.360. The van der Waals surface area contributed by atoms with Crippen molar-refractivity contribution in [2.24, 2.45) is 0 Å². The Morgan fingerprint density at radius 3 is 2.52 bits per heavy atom. The van der Waals surface area contributed by atoms with E-state index in [1.807, 2.05) is 36.4 Å². The molecule has 0 fully saturated rings. The topological polar surface area (TPSA) is 74.6 Å². The van der Waals surface area contributed by atoms with Crippen LogP contribution in [0.4, 0.5) is 0 Å². The van der Waals surface area contributed by atoms with E-state index < -0.39 is 0 Å². The first kappa shape index (κ1) is 24.0. The predicted octanol–water partition coefficient (Wildman–Crippen LogP) is 3.66. The number of carbonyl (C=O) groups excluding carboxylic acids is 1. The monoisotopic (exact) mass is 421 g/mol. The number of likely N-dealkylation sites (N-methyl/N-ethyl adjacent to an activating group) is 1. The van der Waals surface area contributed by atoms with Crippen LogP contribution in [0.15, 0.2) is 48.5 Å². The molecule has 0 bridgehead atoms. The average Bonchev–Trinajstić information content (AvgIpc) is 2.80. The number of benzene rings is 2. The van der Waals surface area contributed by atoms with Crippen LogP contribution in [0.3, 0.4) is 0 Å². The number of nitrogens with zero attached hydrogens (tertiary/aromatic N) is 2. The summed E-state index contributed by atoms with van der Waals surface area (Å²) in [6.45, 7) is 2.50. The van der Waals surface area contributed by atoms with Gasteiger partial charge in [0.2, 0.25) is 5.91 Å². The molecule has 0 heterocycles. The van der Waals surface area contributed by atoms with Gasteiger partial charge in [0.05, 0.1) is 25.9 Å². The van der Waals surface area contributed by atoms with Crippen LogP contribution in [0.25, 0.3) is 6.08 Å². The molecule has 2 aromatic carbocycles. The summed E-state index contributed by atoms with van der Waals surface area (Å²) in [5, 5.41) is 11.8. The number of methoxy groups -OCH3 is 2. The lowest BCUT2D eigenvalue weighted by Crippen LogP contribution is -2.28. The zero-order valence-corrected chi connectivity index (χ0v) is 18.6. The van der Waals surface area contributed by atoms with Crippen molar-refractivity contribution in [1.29, 1.82) is 5.26 Å². The van der Waals surface area contributed by atoms with Crippen LogP contribution in [0.1, 0.15) is 29.5 Å². The number of carbonyl (C=O) groups is 1. The number of nitriles is 1. The Morgan fingerprint density at radius 1 is 1.10 bits per heavy atom. The summed E-state index contributed by atoms with van der Waals surface area (Å²) in [7, 11) is 5.36. The second-order valence-electron chi connectivity index (χ2n) is 7.29. The van der Waals surface area contributed by atoms with Crippen LogP contribution in [0, 0.1) is 11.3 Å². The summed E-state index contributed by atoms with van der Waals surface area (Å²) in [6, 6.07) is 15.3. The summed E-state index contributed by atoms with van der Waals surface area (Å²) < 4.78 is 10.6. The first-order chi connectivity index (χ1) is 15.0. The van der Waals surface area contributed by atoms with Crippen molar-refractivity contribution in [3.63, 3.8) is 0 Å². The Hall–Kier alpha value is -3.30. The normalized spacial score (nSPS) is 10.8. The molecule has 0 saturated heterocycles. The molecule has 0 aromatic heterocycles. The van der Waals surface area contributed by atoms with E-state index in [0.29, 0.717) is 18.5 Å². The lowest BCUT2D eigenvalue weighted by Gasteiger charge is -2.17. The van der Waals surface area contributed by atoms with E-state index in [4.69, 9.17) is 14.7 Å². The molecule has 1 N–H and O–H groups in total. The number of hydrogen-bond acceptors (Lipinski definition) is 5. The van der Waals surface area contributed by atoms with E-state index in [1.165, 1.54) is 5.56 Å². The van der Waals surface area contributed by atoms with Crippen molar-refractivity contribution in [3.05, 3.63) is 65.2 Å². The van der Waals surface area contributed by atoms with E-state index in [9.17, 15) is 4.79 Å². The molecule has 31 heavy (non-hydrogen) atoms. The van der Waals surface area contributed by atoms with Gasteiger partial charge in [-0.15, -0.1) is 0 Å². The van der Waals surface area contributed by atoms with Crippen LogP contribution in [-0.2, 0) is 11.2 Å². The largest absolute Gasteiger partial charge is 0.493 e. The summed E-state index contributed by atoms with van der Waals surface area (Å²) >= 11 is 0. The number of hydrogen-bond donors (Lipinski definition) is 1. The molecule has 0 aliphatic carbocycles. The maximum absolute atomic E-state index is 12.0. The minimum Gasteiger partial charge on any atom is -0.493 e. The van der Waals surface area contributed by atoms with Crippen molar-refractivity contribution in [2.45, 2.75) is 19.3 Å².